The first-order valence-electron chi connectivity index (χ1n) is 4.02. The number of rotatable bonds is 1. The molecule has 0 fully saturated rings. The lowest BCUT2D eigenvalue weighted by atomic mass is 10.2. The van der Waals surface area contributed by atoms with Gasteiger partial charge in [-0.15, -0.1) is 0 Å². The summed E-state index contributed by atoms with van der Waals surface area (Å²) in [5, 5.41) is 0.261. The highest BCUT2D eigenvalue weighted by Crippen LogP contribution is 2.13. The number of carbonyl (C=O) groups is 1. The Labute approximate surface area is 98.2 Å². The van der Waals surface area contributed by atoms with Gasteiger partial charge in [0.1, 0.15) is 5.15 Å². The van der Waals surface area contributed by atoms with Crippen molar-refractivity contribution in [3.8, 4) is 11.8 Å². The summed E-state index contributed by atoms with van der Waals surface area (Å²) < 4.78 is 4.55. The molecule has 0 saturated heterocycles. The molecule has 0 aromatic carbocycles. The first-order valence-corrected chi connectivity index (χ1v) is 5.03. The van der Waals surface area contributed by atoms with Crippen LogP contribution in [0.15, 0.2) is 12.3 Å². The van der Waals surface area contributed by atoms with Gasteiger partial charge in [-0.2, -0.15) is 12.6 Å². The van der Waals surface area contributed by atoms with Crippen LogP contribution in [-0.4, -0.2) is 23.8 Å². The Hall–Kier alpha value is -1.18. The molecule has 0 atom stereocenters. The van der Waals surface area contributed by atoms with Gasteiger partial charge in [0.15, 0.2) is 0 Å². The topological polar surface area (TPSA) is 39.2 Å². The van der Waals surface area contributed by atoms with Gasteiger partial charge < -0.3 is 4.74 Å². The van der Waals surface area contributed by atoms with Gasteiger partial charge >= 0.3 is 5.97 Å². The van der Waals surface area contributed by atoms with E-state index >= 15 is 0 Å². The van der Waals surface area contributed by atoms with E-state index in [0.717, 1.165) is 0 Å². The van der Waals surface area contributed by atoms with Crippen LogP contribution in [0.1, 0.15) is 15.9 Å². The summed E-state index contributed by atoms with van der Waals surface area (Å²) in [6, 6.07) is 1.54. The van der Waals surface area contributed by atoms with Gasteiger partial charge in [0, 0.05) is 6.20 Å². The average Bonchev–Trinajstić information content (AvgIpc) is 2.27. The molecule has 0 aliphatic heterocycles. The minimum atomic E-state index is -0.465. The van der Waals surface area contributed by atoms with Gasteiger partial charge in [-0.25, -0.2) is 9.78 Å². The Morgan fingerprint density at radius 1 is 1.73 bits per heavy atom. The minimum Gasteiger partial charge on any atom is -0.465 e. The Bertz CT molecular complexity index is 437. The standard InChI is InChI=1S/C10H8ClNO2S/c1-14-10(13)8-5-7(3-2-4-15)9(11)12-6-8/h5-6,15H,4H2,1H3. The molecule has 0 bridgehead atoms. The molecule has 5 heteroatoms. The number of pyridine rings is 1. The van der Waals surface area contributed by atoms with Gasteiger partial charge in [-0.05, 0) is 6.07 Å². The van der Waals surface area contributed by atoms with E-state index in [4.69, 9.17) is 11.6 Å². The molecule has 1 rings (SSSR count). The summed E-state index contributed by atoms with van der Waals surface area (Å²) in [7, 11) is 1.30. The third-order valence-electron chi connectivity index (χ3n) is 1.56. The van der Waals surface area contributed by atoms with Crippen LogP contribution in [-0.2, 0) is 4.74 Å². The predicted octanol–water partition coefficient (Wildman–Crippen LogP) is 1.80. The summed E-state index contributed by atoms with van der Waals surface area (Å²) in [5.74, 6) is 5.43. The smallest absolute Gasteiger partial charge is 0.339 e. The molecule has 0 amide bonds. The minimum absolute atomic E-state index is 0.261. The Morgan fingerprint density at radius 3 is 3.07 bits per heavy atom. The largest absolute Gasteiger partial charge is 0.465 e. The molecule has 78 valence electrons. The molecule has 0 radical (unpaired) electrons. The highest BCUT2D eigenvalue weighted by Gasteiger charge is 2.08. The molecular weight excluding hydrogens is 234 g/mol. The monoisotopic (exact) mass is 241 g/mol. The van der Waals surface area contributed by atoms with Crippen molar-refractivity contribution in [1.29, 1.82) is 0 Å². The summed E-state index contributed by atoms with van der Waals surface area (Å²) in [4.78, 5) is 15.0. The van der Waals surface area contributed by atoms with E-state index in [0.29, 0.717) is 16.9 Å². The lowest BCUT2D eigenvalue weighted by molar-refractivity contribution is 0.0600. The van der Waals surface area contributed by atoms with Crippen molar-refractivity contribution < 1.29 is 9.53 Å². The van der Waals surface area contributed by atoms with Crippen molar-refractivity contribution in [3.63, 3.8) is 0 Å². The number of aromatic nitrogens is 1. The molecule has 3 nitrogen and oxygen atoms in total. The van der Waals surface area contributed by atoms with Crippen LogP contribution >= 0.6 is 24.2 Å². The van der Waals surface area contributed by atoms with Crippen LogP contribution in [0, 0.1) is 11.8 Å². The first kappa shape index (κ1) is 11.9. The molecule has 0 saturated carbocycles. The second kappa shape index (κ2) is 5.64. The van der Waals surface area contributed by atoms with E-state index in [1.807, 2.05) is 0 Å². The number of halogens is 1. The zero-order valence-electron chi connectivity index (χ0n) is 7.95. The normalized spacial score (nSPS) is 9.00. The van der Waals surface area contributed by atoms with E-state index in [9.17, 15) is 4.79 Å². The van der Waals surface area contributed by atoms with Crippen molar-refractivity contribution in [2.45, 2.75) is 0 Å². The van der Waals surface area contributed by atoms with E-state index < -0.39 is 5.97 Å². The maximum absolute atomic E-state index is 11.2. The number of carbonyl (C=O) groups excluding carboxylic acids is 1. The van der Waals surface area contributed by atoms with Crippen molar-refractivity contribution in [1.82, 2.24) is 4.98 Å². The zero-order valence-corrected chi connectivity index (χ0v) is 9.60. The van der Waals surface area contributed by atoms with Gasteiger partial charge in [-0.1, -0.05) is 23.4 Å². The number of thiol groups is 1. The second-order valence-electron chi connectivity index (χ2n) is 2.51. The summed E-state index contributed by atoms with van der Waals surface area (Å²) in [5.41, 5.74) is 0.819. The Morgan fingerprint density at radius 2 is 2.47 bits per heavy atom. The van der Waals surface area contributed by atoms with Crippen LogP contribution in [0.4, 0.5) is 0 Å². The van der Waals surface area contributed by atoms with Gasteiger partial charge in [-0.3, -0.25) is 0 Å². The van der Waals surface area contributed by atoms with Crippen molar-refractivity contribution in [3.05, 3.63) is 28.5 Å². The molecule has 1 heterocycles. The van der Waals surface area contributed by atoms with E-state index in [1.165, 1.54) is 19.4 Å². The average molecular weight is 242 g/mol. The van der Waals surface area contributed by atoms with Crippen LogP contribution in [0.25, 0.3) is 0 Å². The quantitative estimate of drug-likeness (QED) is 0.353. The molecule has 1 aromatic rings. The van der Waals surface area contributed by atoms with Gasteiger partial charge in [0.05, 0.1) is 24.0 Å². The molecule has 15 heavy (non-hydrogen) atoms. The van der Waals surface area contributed by atoms with Crippen molar-refractivity contribution in [2.75, 3.05) is 12.9 Å². The fraction of sp³-hybridized carbons (Fsp3) is 0.200. The summed E-state index contributed by atoms with van der Waals surface area (Å²) in [6.07, 6.45) is 1.35. The van der Waals surface area contributed by atoms with Crippen LogP contribution in [0.3, 0.4) is 0 Å². The fourth-order valence-corrected chi connectivity index (χ4v) is 1.13. The predicted molar refractivity (Wildman–Crippen MR) is 61.3 cm³/mol. The van der Waals surface area contributed by atoms with Crippen molar-refractivity contribution in [2.24, 2.45) is 0 Å². The Kier molecular flexibility index (Phi) is 4.47. The third-order valence-corrected chi connectivity index (χ3v) is 2.02. The van der Waals surface area contributed by atoms with Crippen LogP contribution in [0.2, 0.25) is 5.15 Å². The molecule has 0 aliphatic carbocycles. The summed E-state index contributed by atoms with van der Waals surface area (Å²) in [6.45, 7) is 0. The van der Waals surface area contributed by atoms with E-state index in [1.54, 1.807) is 0 Å². The molecule has 1 aromatic heterocycles. The van der Waals surface area contributed by atoms with Gasteiger partial charge in [0.25, 0.3) is 0 Å². The number of methoxy groups -OCH3 is 1. The molecular formula is C10H8ClNO2S. The SMILES string of the molecule is COC(=O)c1cnc(Cl)c(C#CCS)c1. The maximum Gasteiger partial charge on any atom is 0.339 e. The highest BCUT2D eigenvalue weighted by molar-refractivity contribution is 7.80. The van der Waals surface area contributed by atoms with Crippen LogP contribution in [0.5, 0.6) is 0 Å². The summed E-state index contributed by atoms with van der Waals surface area (Å²) >= 11 is 9.73. The Balaban J connectivity index is 3.10. The fourth-order valence-electron chi connectivity index (χ4n) is 0.900. The second-order valence-corrected chi connectivity index (χ2v) is 3.19. The van der Waals surface area contributed by atoms with Crippen LogP contribution < -0.4 is 0 Å². The first-order chi connectivity index (χ1) is 7.19. The number of esters is 1. The molecule has 0 aliphatic rings. The molecule has 0 N–H and O–H groups in total. The lowest BCUT2D eigenvalue weighted by Gasteiger charge is -2.00. The third kappa shape index (κ3) is 3.15. The van der Waals surface area contributed by atoms with Gasteiger partial charge in [0.2, 0.25) is 0 Å². The maximum atomic E-state index is 11.2. The van der Waals surface area contributed by atoms with E-state index in [2.05, 4.69) is 34.2 Å². The highest BCUT2D eigenvalue weighted by atomic mass is 35.5. The zero-order chi connectivity index (χ0) is 11.3. The lowest BCUT2D eigenvalue weighted by Crippen LogP contribution is -2.02. The molecule has 0 unspecified atom stereocenters. The van der Waals surface area contributed by atoms with Crippen molar-refractivity contribution >= 4 is 30.2 Å². The number of nitrogens with zero attached hydrogens (tertiary/aromatic N) is 1. The number of ether oxygens (including phenoxy) is 1. The number of hydrogen-bond donors (Lipinski definition) is 1. The molecule has 0 spiro atoms. The number of hydrogen-bond acceptors (Lipinski definition) is 4. The van der Waals surface area contributed by atoms with E-state index in [-0.39, 0.29) is 5.15 Å².